The summed E-state index contributed by atoms with van der Waals surface area (Å²) in [4.78, 5) is 19.7. The molecule has 0 saturated carbocycles. The summed E-state index contributed by atoms with van der Waals surface area (Å²) in [5.41, 5.74) is 0. The third kappa shape index (κ3) is 4.30. The van der Waals surface area contributed by atoms with Crippen LogP contribution >= 0.6 is 15.9 Å². The van der Waals surface area contributed by atoms with Gasteiger partial charge in [-0.1, -0.05) is 0 Å². The van der Waals surface area contributed by atoms with Gasteiger partial charge in [-0.3, -0.25) is 4.79 Å². The molecule has 1 N–H and O–H groups in total. The second-order valence-corrected chi connectivity index (χ2v) is 4.61. The van der Waals surface area contributed by atoms with Crippen molar-refractivity contribution < 1.29 is 9.53 Å². The minimum atomic E-state index is -0.248. The molecule has 0 bridgehead atoms. The van der Waals surface area contributed by atoms with Gasteiger partial charge in [0.2, 0.25) is 5.95 Å². The number of ether oxygens (including phenoxy) is 1. The van der Waals surface area contributed by atoms with Crippen LogP contribution in [0.2, 0.25) is 0 Å². The van der Waals surface area contributed by atoms with E-state index < -0.39 is 0 Å². The zero-order chi connectivity index (χ0) is 12.8. The van der Waals surface area contributed by atoms with Crippen molar-refractivity contribution in [3.63, 3.8) is 0 Å². The Balaban J connectivity index is 2.56. The van der Waals surface area contributed by atoms with Gasteiger partial charge < -0.3 is 10.1 Å². The van der Waals surface area contributed by atoms with Gasteiger partial charge >= 0.3 is 5.97 Å². The van der Waals surface area contributed by atoms with Crippen LogP contribution in [0.1, 0.15) is 20.8 Å². The van der Waals surface area contributed by atoms with Crippen LogP contribution in [-0.4, -0.2) is 28.6 Å². The van der Waals surface area contributed by atoms with Crippen molar-refractivity contribution >= 4 is 27.8 Å². The minimum absolute atomic E-state index is 0.0878. The number of carbonyl (C=O) groups is 1. The number of carbonyl (C=O) groups excluding carboxylic acids is 1. The fraction of sp³-hybridized carbons (Fsp3) is 0.545. The summed E-state index contributed by atoms with van der Waals surface area (Å²) in [6.07, 6.45) is 3.30. The summed E-state index contributed by atoms with van der Waals surface area (Å²) in [6.45, 7) is 5.90. The number of esters is 1. The van der Waals surface area contributed by atoms with E-state index in [0.717, 1.165) is 4.47 Å². The lowest BCUT2D eigenvalue weighted by Crippen LogP contribution is -2.31. The van der Waals surface area contributed by atoms with Gasteiger partial charge in [0.25, 0.3) is 0 Å². The highest BCUT2D eigenvalue weighted by molar-refractivity contribution is 9.10. The van der Waals surface area contributed by atoms with Gasteiger partial charge in [-0.25, -0.2) is 9.97 Å². The van der Waals surface area contributed by atoms with Gasteiger partial charge in [-0.15, -0.1) is 0 Å². The molecule has 1 rings (SSSR count). The average molecular weight is 302 g/mol. The number of hydrogen-bond acceptors (Lipinski definition) is 5. The molecule has 0 saturated heterocycles. The SMILES string of the molecule is CCOC(=O)C(C)C(C)Nc1ncc(Br)cn1. The Bertz CT molecular complexity index is 369. The molecular weight excluding hydrogens is 286 g/mol. The number of halogens is 1. The van der Waals surface area contributed by atoms with E-state index >= 15 is 0 Å². The van der Waals surface area contributed by atoms with Crippen molar-refractivity contribution in [2.45, 2.75) is 26.8 Å². The smallest absolute Gasteiger partial charge is 0.310 e. The van der Waals surface area contributed by atoms with E-state index in [1.165, 1.54) is 0 Å². The first-order valence-corrected chi connectivity index (χ1v) is 6.24. The van der Waals surface area contributed by atoms with Gasteiger partial charge in [0.15, 0.2) is 0 Å². The average Bonchev–Trinajstić information content (AvgIpc) is 2.31. The lowest BCUT2D eigenvalue weighted by molar-refractivity contribution is -0.147. The Kier molecular flexibility index (Phi) is 5.34. The summed E-state index contributed by atoms with van der Waals surface area (Å²) < 4.78 is 5.77. The van der Waals surface area contributed by atoms with Crippen molar-refractivity contribution in [3.8, 4) is 0 Å². The second-order valence-electron chi connectivity index (χ2n) is 3.70. The Hall–Kier alpha value is -1.17. The molecule has 0 radical (unpaired) electrons. The number of aromatic nitrogens is 2. The third-order valence-electron chi connectivity index (χ3n) is 2.39. The van der Waals surface area contributed by atoms with Crippen LogP contribution in [0.3, 0.4) is 0 Å². The first-order valence-electron chi connectivity index (χ1n) is 5.45. The van der Waals surface area contributed by atoms with E-state index in [2.05, 4.69) is 31.2 Å². The van der Waals surface area contributed by atoms with Gasteiger partial charge in [0.1, 0.15) is 0 Å². The largest absolute Gasteiger partial charge is 0.466 e. The van der Waals surface area contributed by atoms with E-state index in [9.17, 15) is 4.79 Å². The fourth-order valence-corrected chi connectivity index (χ4v) is 1.40. The molecule has 6 heteroatoms. The lowest BCUT2D eigenvalue weighted by atomic mass is 10.0. The van der Waals surface area contributed by atoms with Crippen molar-refractivity contribution in [1.82, 2.24) is 9.97 Å². The number of anilines is 1. The maximum atomic E-state index is 11.5. The van der Waals surface area contributed by atoms with Crippen molar-refractivity contribution in [1.29, 1.82) is 0 Å². The summed E-state index contributed by atoms with van der Waals surface area (Å²) in [6, 6.07) is -0.0878. The molecule has 2 atom stereocenters. The fourth-order valence-electron chi connectivity index (χ4n) is 1.19. The highest BCUT2D eigenvalue weighted by Gasteiger charge is 2.21. The maximum Gasteiger partial charge on any atom is 0.310 e. The molecule has 0 aliphatic heterocycles. The molecule has 1 aromatic heterocycles. The van der Waals surface area contributed by atoms with Crippen molar-refractivity contribution in [3.05, 3.63) is 16.9 Å². The van der Waals surface area contributed by atoms with E-state index in [4.69, 9.17) is 4.74 Å². The highest BCUT2D eigenvalue weighted by Crippen LogP contribution is 2.12. The Morgan fingerprint density at radius 1 is 1.47 bits per heavy atom. The van der Waals surface area contributed by atoms with Crippen LogP contribution in [-0.2, 0) is 9.53 Å². The van der Waals surface area contributed by atoms with E-state index in [0.29, 0.717) is 12.6 Å². The number of rotatable bonds is 5. The summed E-state index contributed by atoms with van der Waals surface area (Å²) in [7, 11) is 0. The lowest BCUT2D eigenvalue weighted by Gasteiger charge is -2.19. The van der Waals surface area contributed by atoms with Gasteiger partial charge in [-0.2, -0.15) is 0 Å². The predicted molar refractivity (Wildman–Crippen MR) is 68.6 cm³/mol. The third-order valence-corrected chi connectivity index (χ3v) is 2.79. The Morgan fingerprint density at radius 2 is 2.06 bits per heavy atom. The molecular formula is C11H16BrN3O2. The van der Waals surface area contributed by atoms with Crippen LogP contribution in [0, 0.1) is 5.92 Å². The van der Waals surface area contributed by atoms with Gasteiger partial charge in [0.05, 0.1) is 17.0 Å². The molecule has 0 spiro atoms. The van der Waals surface area contributed by atoms with Crippen LogP contribution in [0.25, 0.3) is 0 Å². The van der Waals surface area contributed by atoms with Crippen LogP contribution in [0.5, 0.6) is 0 Å². The molecule has 2 unspecified atom stereocenters. The zero-order valence-electron chi connectivity index (χ0n) is 10.1. The molecule has 0 aliphatic rings. The molecule has 17 heavy (non-hydrogen) atoms. The molecule has 1 heterocycles. The molecule has 0 amide bonds. The first-order chi connectivity index (χ1) is 8.04. The Morgan fingerprint density at radius 3 is 2.59 bits per heavy atom. The first kappa shape index (κ1) is 13.9. The normalized spacial score (nSPS) is 13.9. The second kappa shape index (κ2) is 6.54. The highest BCUT2D eigenvalue weighted by atomic mass is 79.9. The molecule has 5 nitrogen and oxygen atoms in total. The van der Waals surface area contributed by atoms with Crippen molar-refractivity contribution in [2.24, 2.45) is 5.92 Å². The number of hydrogen-bond donors (Lipinski definition) is 1. The molecule has 0 fully saturated rings. The molecule has 0 aliphatic carbocycles. The molecule has 0 aromatic carbocycles. The summed E-state index contributed by atoms with van der Waals surface area (Å²) in [5.74, 6) is 0.0312. The number of nitrogens with one attached hydrogen (secondary N) is 1. The summed E-state index contributed by atoms with van der Waals surface area (Å²) in [5, 5.41) is 3.06. The van der Waals surface area contributed by atoms with E-state index in [1.54, 1.807) is 19.3 Å². The molecule has 1 aromatic rings. The topological polar surface area (TPSA) is 64.1 Å². The van der Waals surface area contributed by atoms with Gasteiger partial charge in [0, 0.05) is 18.4 Å². The van der Waals surface area contributed by atoms with Crippen LogP contribution in [0.4, 0.5) is 5.95 Å². The quantitative estimate of drug-likeness (QED) is 0.845. The maximum absolute atomic E-state index is 11.5. The van der Waals surface area contributed by atoms with Crippen LogP contribution < -0.4 is 5.32 Å². The predicted octanol–water partition coefficient (Wildman–Crippen LogP) is 2.24. The zero-order valence-corrected chi connectivity index (χ0v) is 11.7. The monoisotopic (exact) mass is 301 g/mol. The van der Waals surface area contributed by atoms with Crippen molar-refractivity contribution in [2.75, 3.05) is 11.9 Å². The standard InChI is InChI=1S/C11H16BrN3O2/c1-4-17-10(16)7(2)8(3)15-11-13-5-9(12)6-14-11/h5-8H,4H2,1-3H3,(H,13,14,15). The van der Waals surface area contributed by atoms with Gasteiger partial charge in [-0.05, 0) is 36.7 Å². The minimum Gasteiger partial charge on any atom is -0.466 e. The Labute approximate surface area is 109 Å². The van der Waals surface area contributed by atoms with E-state index in [1.807, 2.05) is 13.8 Å². The molecule has 94 valence electrons. The van der Waals surface area contributed by atoms with E-state index in [-0.39, 0.29) is 17.9 Å². The summed E-state index contributed by atoms with van der Waals surface area (Å²) >= 11 is 3.26. The van der Waals surface area contributed by atoms with Crippen LogP contribution in [0.15, 0.2) is 16.9 Å². The number of nitrogens with zero attached hydrogens (tertiary/aromatic N) is 2.